The number of alkyl halides is 1. The van der Waals surface area contributed by atoms with Gasteiger partial charge in [0.1, 0.15) is 11.5 Å². The Morgan fingerprint density at radius 3 is 1.65 bits per heavy atom. The van der Waals surface area contributed by atoms with Crippen molar-refractivity contribution in [2.45, 2.75) is 26.3 Å². The van der Waals surface area contributed by atoms with Gasteiger partial charge in [-0.1, -0.05) is 24.3 Å². The fourth-order valence-electron chi connectivity index (χ4n) is 2.17. The first-order chi connectivity index (χ1) is 12.5. The molecule has 0 fully saturated rings. The summed E-state index contributed by atoms with van der Waals surface area (Å²) in [7, 11) is 3.18. The van der Waals surface area contributed by atoms with Crippen molar-refractivity contribution >= 4 is 11.6 Å². The Labute approximate surface area is 160 Å². The Balaban J connectivity index is 0.000000260. The van der Waals surface area contributed by atoms with E-state index in [1.165, 1.54) is 0 Å². The number of aryl methyl sites for hydroxylation is 2. The summed E-state index contributed by atoms with van der Waals surface area (Å²) in [6.07, 6.45) is 0. The molecule has 2 rings (SSSR count). The molecule has 0 saturated carbocycles. The zero-order valence-corrected chi connectivity index (χ0v) is 16.5. The van der Waals surface area contributed by atoms with Crippen LogP contribution in [0.4, 0.5) is 0 Å². The van der Waals surface area contributed by atoms with Crippen molar-refractivity contribution in [2.24, 2.45) is 0 Å². The number of benzene rings is 2. The normalized spacial score (nSPS) is 10.1. The highest BCUT2D eigenvalue weighted by Gasteiger charge is 2.00. The van der Waals surface area contributed by atoms with Crippen LogP contribution >= 0.6 is 11.6 Å². The average molecular weight is 383 g/mol. The van der Waals surface area contributed by atoms with Gasteiger partial charge in [-0.25, -0.2) is 0 Å². The first-order valence-corrected chi connectivity index (χ1v) is 8.68. The number of aliphatic hydroxyl groups excluding tert-OH is 1. The first kappa shape index (κ1) is 22.3. The summed E-state index contributed by atoms with van der Waals surface area (Å²) in [6.45, 7) is 4.51. The molecule has 26 heavy (non-hydrogen) atoms. The van der Waals surface area contributed by atoms with E-state index in [2.05, 4.69) is 0 Å². The molecule has 0 spiro atoms. The molecule has 0 radical (unpaired) electrons. The zero-order chi connectivity index (χ0) is 19.4. The van der Waals surface area contributed by atoms with Crippen LogP contribution in [0.25, 0.3) is 0 Å². The summed E-state index contributed by atoms with van der Waals surface area (Å²) >= 11 is 5.69. The number of ether oxygens (including phenoxy) is 4. The number of rotatable bonds is 8. The highest BCUT2D eigenvalue weighted by atomic mass is 35.5. The second-order valence-corrected chi connectivity index (χ2v) is 5.86. The number of aliphatic hydroxyl groups is 1. The average Bonchev–Trinajstić information content (AvgIpc) is 2.66. The van der Waals surface area contributed by atoms with Gasteiger partial charge in [-0.15, -0.1) is 11.6 Å². The molecule has 5 nitrogen and oxygen atoms in total. The minimum absolute atomic E-state index is 0.0609. The molecule has 0 saturated heterocycles. The number of hydrogen-bond acceptors (Lipinski definition) is 5. The molecule has 2 aromatic carbocycles. The Morgan fingerprint density at radius 1 is 0.808 bits per heavy atom. The second-order valence-electron chi connectivity index (χ2n) is 5.59. The van der Waals surface area contributed by atoms with Crippen LogP contribution in [0.5, 0.6) is 11.5 Å². The number of hydrogen-bond donors (Lipinski definition) is 1. The fourth-order valence-corrected chi connectivity index (χ4v) is 2.34. The molecule has 0 aliphatic rings. The van der Waals surface area contributed by atoms with Crippen molar-refractivity contribution in [1.82, 2.24) is 0 Å². The van der Waals surface area contributed by atoms with Crippen LogP contribution in [0.1, 0.15) is 22.3 Å². The summed E-state index contributed by atoms with van der Waals surface area (Å²) in [4.78, 5) is 0. The highest BCUT2D eigenvalue weighted by molar-refractivity contribution is 6.17. The van der Waals surface area contributed by atoms with E-state index in [-0.39, 0.29) is 20.2 Å². The molecule has 0 aliphatic carbocycles. The summed E-state index contributed by atoms with van der Waals surface area (Å²) in [5.41, 5.74) is 4.07. The monoisotopic (exact) mass is 382 g/mol. The lowest BCUT2D eigenvalue weighted by molar-refractivity contribution is 0.0504. The topological polar surface area (TPSA) is 57.2 Å². The minimum atomic E-state index is 0.0609. The van der Waals surface area contributed by atoms with E-state index in [0.717, 1.165) is 33.8 Å². The third-order valence-corrected chi connectivity index (χ3v) is 3.79. The van der Waals surface area contributed by atoms with Crippen LogP contribution in [0.15, 0.2) is 36.4 Å². The molecule has 0 bridgehead atoms. The molecule has 0 amide bonds. The molecule has 144 valence electrons. The summed E-state index contributed by atoms with van der Waals surface area (Å²) in [5.74, 6) is 2.17. The summed E-state index contributed by atoms with van der Waals surface area (Å²) < 4.78 is 20.2. The van der Waals surface area contributed by atoms with Gasteiger partial charge in [0.15, 0.2) is 13.6 Å². The predicted molar refractivity (Wildman–Crippen MR) is 103 cm³/mol. The third-order valence-electron chi connectivity index (χ3n) is 3.48. The van der Waals surface area contributed by atoms with E-state index in [1.54, 1.807) is 14.2 Å². The second kappa shape index (κ2) is 12.5. The van der Waals surface area contributed by atoms with Crippen LogP contribution in [-0.2, 0) is 22.0 Å². The Bertz CT molecular complexity index is 603. The van der Waals surface area contributed by atoms with E-state index in [9.17, 15) is 0 Å². The van der Waals surface area contributed by atoms with Crippen LogP contribution < -0.4 is 9.47 Å². The fraction of sp³-hybridized carbons (Fsp3) is 0.400. The van der Waals surface area contributed by atoms with Gasteiger partial charge < -0.3 is 24.1 Å². The Hall–Kier alpha value is -1.79. The van der Waals surface area contributed by atoms with Crippen molar-refractivity contribution < 1.29 is 24.1 Å². The minimum Gasteiger partial charge on any atom is -0.467 e. The summed E-state index contributed by atoms with van der Waals surface area (Å²) in [5, 5.41) is 8.86. The highest BCUT2D eigenvalue weighted by Crippen LogP contribution is 2.20. The van der Waals surface area contributed by atoms with E-state index in [0.29, 0.717) is 5.88 Å². The Kier molecular flexibility index (Phi) is 10.7. The van der Waals surface area contributed by atoms with Gasteiger partial charge in [-0.05, 0) is 48.2 Å². The quantitative estimate of drug-likeness (QED) is 0.548. The molecule has 2 aromatic rings. The number of halogens is 1. The molecule has 0 aliphatic heterocycles. The molecule has 1 N–H and O–H groups in total. The SMILES string of the molecule is COCOc1ccc(CCl)cc1C.COCOc1ccc(CO)cc1C. The van der Waals surface area contributed by atoms with E-state index in [1.807, 2.05) is 50.2 Å². The van der Waals surface area contributed by atoms with Crippen molar-refractivity contribution in [3.8, 4) is 11.5 Å². The maximum Gasteiger partial charge on any atom is 0.188 e. The molecular formula is C20H27ClO5. The first-order valence-electron chi connectivity index (χ1n) is 8.15. The molecule has 0 aromatic heterocycles. The van der Waals surface area contributed by atoms with Crippen LogP contribution in [0.2, 0.25) is 0 Å². The van der Waals surface area contributed by atoms with Gasteiger partial charge in [-0.3, -0.25) is 0 Å². The van der Waals surface area contributed by atoms with E-state index >= 15 is 0 Å². The van der Waals surface area contributed by atoms with Gasteiger partial charge in [0.05, 0.1) is 6.61 Å². The molecule has 6 heteroatoms. The van der Waals surface area contributed by atoms with E-state index in [4.69, 9.17) is 35.7 Å². The zero-order valence-electron chi connectivity index (χ0n) is 15.8. The van der Waals surface area contributed by atoms with Crippen LogP contribution in [0, 0.1) is 13.8 Å². The van der Waals surface area contributed by atoms with Gasteiger partial charge in [0.2, 0.25) is 0 Å². The maximum atomic E-state index is 8.86. The molecule has 0 unspecified atom stereocenters. The van der Waals surface area contributed by atoms with Crippen molar-refractivity contribution in [3.63, 3.8) is 0 Å². The summed E-state index contributed by atoms with van der Waals surface area (Å²) in [6, 6.07) is 11.4. The van der Waals surface area contributed by atoms with Crippen LogP contribution in [0.3, 0.4) is 0 Å². The lowest BCUT2D eigenvalue weighted by Gasteiger charge is -2.08. The van der Waals surface area contributed by atoms with Gasteiger partial charge >= 0.3 is 0 Å². The predicted octanol–water partition coefficient (Wildman–Crippen LogP) is 4.19. The lowest BCUT2D eigenvalue weighted by atomic mass is 10.1. The maximum absolute atomic E-state index is 8.86. The lowest BCUT2D eigenvalue weighted by Crippen LogP contribution is -2.00. The van der Waals surface area contributed by atoms with Crippen LogP contribution in [-0.4, -0.2) is 32.9 Å². The van der Waals surface area contributed by atoms with Crippen molar-refractivity contribution in [2.75, 3.05) is 27.8 Å². The molecule has 0 heterocycles. The van der Waals surface area contributed by atoms with E-state index < -0.39 is 0 Å². The largest absolute Gasteiger partial charge is 0.467 e. The van der Waals surface area contributed by atoms with Gasteiger partial charge in [-0.2, -0.15) is 0 Å². The smallest absolute Gasteiger partial charge is 0.188 e. The molecular weight excluding hydrogens is 356 g/mol. The number of methoxy groups -OCH3 is 2. The molecule has 0 atom stereocenters. The Morgan fingerprint density at radius 2 is 1.27 bits per heavy atom. The van der Waals surface area contributed by atoms with Gasteiger partial charge in [0.25, 0.3) is 0 Å². The third kappa shape index (κ3) is 7.62. The van der Waals surface area contributed by atoms with Gasteiger partial charge in [0, 0.05) is 20.1 Å². The van der Waals surface area contributed by atoms with Crippen molar-refractivity contribution in [1.29, 1.82) is 0 Å². The van der Waals surface area contributed by atoms with Crippen molar-refractivity contribution in [3.05, 3.63) is 58.7 Å². The standard InChI is InChI=1S/C10H13ClO2.C10H14O3/c2*1-8-5-9(6-11)3-4-10(8)13-7-12-2/h3-5H,6-7H2,1-2H3;3-5,11H,6-7H2,1-2H3.